The molecule has 0 spiro atoms. The number of rotatable bonds is 4. The van der Waals surface area contributed by atoms with E-state index in [2.05, 4.69) is 12.2 Å². The van der Waals surface area contributed by atoms with Crippen LogP contribution in [-0.4, -0.2) is 18.4 Å². The van der Waals surface area contributed by atoms with Crippen LogP contribution < -0.4 is 14.8 Å². The molecule has 31 heavy (non-hydrogen) atoms. The summed E-state index contributed by atoms with van der Waals surface area (Å²) in [5.41, 5.74) is 4.32. The first-order valence-electron chi connectivity index (χ1n) is 9.97. The molecule has 0 aliphatic carbocycles. The predicted octanol–water partition coefficient (Wildman–Crippen LogP) is 5.99. The first kappa shape index (κ1) is 20.0. The Balaban J connectivity index is 1.38. The summed E-state index contributed by atoms with van der Waals surface area (Å²) in [5.74, 6) is 1.28. The van der Waals surface area contributed by atoms with Gasteiger partial charge in [-0.15, -0.1) is 0 Å². The SMILES string of the molecule is CCC1=Nc2cc(C(=O)NCc3ccc4c(c3)OCO4)ccc2Sc2ccc(Cl)cc21. The Labute approximate surface area is 189 Å². The molecule has 2 aliphatic rings. The summed E-state index contributed by atoms with van der Waals surface area (Å²) in [6, 6.07) is 17.2. The van der Waals surface area contributed by atoms with Crippen LogP contribution in [0.3, 0.4) is 0 Å². The summed E-state index contributed by atoms with van der Waals surface area (Å²) in [6.45, 7) is 2.70. The van der Waals surface area contributed by atoms with Crippen LogP contribution >= 0.6 is 23.4 Å². The summed E-state index contributed by atoms with van der Waals surface area (Å²) in [4.78, 5) is 19.8. The first-order valence-corrected chi connectivity index (χ1v) is 11.2. The Bertz CT molecular complexity index is 1230. The van der Waals surface area contributed by atoms with Crippen molar-refractivity contribution in [1.29, 1.82) is 0 Å². The molecule has 0 bridgehead atoms. The number of hydrogen-bond acceptors (Lipinski definition) is 5. The largest absolute Gasteiger partial charge is 0.454 e. The van der Waals surface area contributed by atoms with Crippen molar-refractivity contribution >= 4 is 40.7 Å². The molecule has 5 rings (SSSR count). The minimum atomic E-state index is -0.150. The summed E-state index contributed by atoms with van der Waals surface area (Å²) in [7, 11) is 0. The number of benzene rings is 3. The van der Waals surface area contributed by atoms with Gasteiger partial charge in [0.15, 0.2) is 11.5 Å². The maximum Gasteiger partial charge on any atom is 0.251 e. The van der Waals surface area contributed by atoms with Crippen molar-refractivity contribution < 1.29 is 14.3 Å². The number of carbonyl (C=O) groups excluding carboxylic acids is 1. The average molecular weight is 451 g/mol. The molecule has 0 fully saturated rings. The van der Waals surface area contributed by atoms with Crippen LogP contribution in [-0.2, 0) is 6.54 Å². The number of aliphatic imine (C=N–C) groups is 1. The van der Waals surface area contributed by atoms with E-state index in [1.807, 2.05) is 54.6 Å². The third-order valence-electron chi connectivity index (χ3n) is 5.17. The van der Waals surface area contributed by atoms with Crippen LogP contribution in [0.25, 0.3) is 0 Å². The highest BCUT2D eigenvalue weighted by Crippen LogP contribution is 2.42. The second-order valence-corrected chi connectivity index (χ2v) is 8.73. The Kier molecular flexibility index (Phi) is 5.34. The molecule has 1 N–H and O–H groups in total. The number of ether oxygens (including phenoxy) is 2. The van der Waals surface area contributed by atoms with Gasteiger partial charge in [-0.1, -0.05) is 36.4 Å². The molecule has 1 amide bonds. The number of carbonyl (C=O) groups is 1. The molecule has 0 aromatic heterocycles. The molecule has 0 atom stereocenters. The van der Waals surface area contributed by atoms with Gasteiger partial charge in [-0.2, -0.15) is 0 Å². The number of fused-ring (bicyclic) bond motifs is 3. The zero-order valence-electron chi connectivity index (χ0n) is 16.8. The molecular weight excluding hydrogens is 432 g/mol. The van der Waals surface area contributed by atoms with Gasteiger partial charge in [0.05, 0.1) is 5.69 Å². The Hall–Kier alpha value is -2.96. The molecule has 0 radical (unpaired) electrons. The van der Waals surface area contributed by atoms with Crippen molar-refractivity contribution in [1.82, 2.24) is 5.32 Å². The lowest BCUT2D eigenvalue weighted by Gasteiger charge is -2.09. The minimum Gasteiger partial charge on any atom is -0.454 e. The van der Waals surface area contributed by atoms with Gasteiger partial charge in [-0.05, 0) is 60.5 Å². The third kappa shape index (κ3) is 4.01. The molecule has 0 unspecified atom stereocenters. The van der Waals surface area contributed by atoms with E-state index in [1.54, 1.807) is 11.8 Å². The van der Waals surface area contributed by atoms with Crippen molar-refractivity contribution in [3.63, 3.8) is 0 Å². The minimum absolute atomic E-state index is 0.150. The van der Waals surface area contributed by atoms with Crippen molar-refractivity contribution in [3.8, 4) is 11.5 Å². The normalized spacial score (nSPS) is 13.7. The van der Waals surface area contributed by atoms with E-state index < -0.39 is 0 Å². The molecular formula is C24H19ClN2O3S. The van der Waals surface area contributed by atoms with E-state index in [-0.39, 0.29) is 12.7 Å². The van der Waals surface area contributed by atoms with Crippen LogP contribution in [0.5, 0.6) is 11.5 Å². The molecule has 3 aromatic rings. The third-order valence-corrected chi connectivity index (χ3v) is 6.55. The van der Waals surface area contributed by atoms with Crippen molar-refractivity contribution in [3.05, 3.63) is 76.3 Å². The van der Waals surface area contributed by atoms with Crippen molar-refractivity contribution in [2.24, 2.45) is 4.99 Å². The van der Waals surface area contributed by atoms with Gasteiger partial charge in [0.1, 0.15) is 0 Å². The Morgan fingerprint density at radius 2 is 1.90 bits per heavy atom. The molecule has 5 nitrogen and oxygen atoms in total. The molecule has 2 aliphatic heterocycles. The lowest BCUT2D eigenvalue weighted by atomic mass is 10.1. The monoisotopic (exact) mass is 450 g/mol. The topological polar surface area (TPSA) is 59.9 Å². The van der Waals surface area contributed by atoms with Crippen molar-refractivity contribution in [2.45, 2.75) is 29.7 Å². The summed E-state index contributed by atoms with van der Waals surface area (Å²) >= 11 is 7.86. The Morgan fingerprint density at radius 1 is 1.06 bits per heavy atom. The molecule has 156 valence electrons. The van der Waals surface area contributed by atoms with Gasteiger partial charge in [0, 0.05) is 38.2 Å². The lowest BCUT2D eigenvalue weighted by molar-refractivity contribution is 0.0951. The number of amides is 1. The highest BCUT2D eigenvalue weighted by Gasteiger charge is 2.19. The number of hydrogen-bond donors (Lipinski definition) is 1. The van der Waals surface area contributed by atoms with Crippen LogP contribution in [0.1, 0.15) is 34.8 Å². The van der Waals surface area contributed by atoms with Crippen molar-refractivity contribution in [2.75, 3.05) is 6.79 Å². The standard InChI is InChI=1S/C24H19ClN2O3S/c1-2-18-17-11-16(25)5-8-22(17)31-23-7-4-15(10-19(23)27-18)24(28)26-12-14-3-6-20-21(9-14)30-13-29-20/h3-11H,2,12-13H2,1H3,(H,26,28). The average Bonchev–Trinajstić information content (AvgIpc) is 3.19. The van der Waals surface area contributed by atoms with E-state index in [0.29, 0.717) is 22.9 Å². The zero-order valence-corrected chi connectivity index (χ0v) is 18.3. The molecule has 0 saturated carbocycles. The van der Waals surface area contributed by atoms with Crippen LogP contribution in [0.2, 0.25) is 5.02 Å². The summed E-state index contributed by atoms with van der Waals surface area (Å²) in [6.07, 6.45) is 0.772. The maximum absolute atomic E-state index is 12.8. The maximum atomic E-state index is 12.8. The van der Waals surface area contributed by atoms with E-state index >= 15 is 0 Å². The first-order chi connectivity index (χ1) is 15.1. The van der Waals surface area contributed by atoms with E-state index in [0.717, 1.165) is 44.5 Å². The molecule has 2 heterocycles. The van der Waals surface area contributed by atoms with E-state index in [1.165, 1.54) is 0 Å². The fraction of sp³-hybridized carbons (Fsp3) is 0.167. The van der Waals surface area contributed by atoms with Crippen LogP contribution in [0, 0.1) is 0 Å². The van der Waals surface area contributed by atoms with E-state index in [9.17, 15) is 4.79 Å². The zero-order chi connectivity index (χ0) is 21.4. The molecule has 0 saturated heterocycles. The highest BCUT2D eigenvalue weighted by molar-refractivity contribution is 7.99. The summed E-state index contributed by atoms with van der Waals surface area (Å²) < 4.78 is 10.7. The highest BCUT2D eigenvalue weighted by atomic mass is 35.5. The fourth-order valence-electron chi connectivity index (χ4n) is 3.58. The van der Waals surface area contributed by atoms with Gasteiger partial charge in [-0.3, -0.25) is 9.79 Å². The van der Waals surface area contributed by atoms with Gasteiger partial charge in [0.2, 0.25) is 6.79 Å². The predicted molar refractivity (Wildman–Crippen MR) is 122 cm³/mol. The second-order valence-electron chi connectivity index (χ2n) is 7.21. The quantitative estimate of drug-likeness (QED) is 0.530. The van der Waals surface area contributed by atoms with Gasteiger partial charge < -0.3 is 14.8 Å². The lowest BCUT2D eigenvalue weighted by Crippen LogP contribution is -2.22. The smallest absolute Gasteiger partial charge is 0.251 e. The van der Waals surface area contributed by atoms with Gasteiger partial charge in [-0.25, -0.2) is 0 Å². The summed E-state index contributed by atoms with van der Waals surface area (Å²) in [5, 5.41) is 3.66. The molecule has 3 aromatic carbocycles. The second kappa shape index (κ2) is 8.29. The Morgan fingerprint density at radius 3 is 2.77 bits per heavy atom. The fourth-order valence-corrected chi connectivity index (χ4v) is 4.75. The number of nitrogens with zero attached hydrogens (tertiary/aromatic N) is 1. The number of nitrogens with one attached hydrogen (secondary N) is 1. The van der Waals surface area contributed by atoms with Crippen LogP contribution in [0.4, 0.5) is 5.69 Å². The van der Waals surface area contributed by atoms with Gasteiger partial charge in [0.25, 0.3) is 5.91 Å². The molecule has 7 heteroatoms. The number of halogens is 1. The van der Waals surface area contributed by atoms with E-state index in [4.69, 9.17) is 26.1 Å². The van der Waals surface area contributed by atoms with Gasteiger partial charge >= 0.3 is 0 Å². The van der Waals surface area contributed by atoms with Crippen LogP contribution in [0.15, 0.2) is 69.4 Å².